The molecule has 0 aromatic heterocycles. The van der Waals surface area contributed by atoms with Gasteiger partial charge in [0, 0.05) is 55.3 Å². The lowest BCUT2D eigenvalue weighted by molar-refractivity contribution is -0.130. The third-order valence-corrected chi connectivity index (χ3v) is 5.14. The average Bonchev–Trinajstić information content (AvgIpc) is 2.53. The monoisotopic (exact) mass is 357 g/mol. The lowest BCUT2D eigenvalue weighted by Crippen LogP contribution is -2.52. The zero-order valence-corrected chi connectivity index (χ0v) is 14.9. The number of thiocarbonyl (C=S) groups is 1. The standard InChI is InChI=1S/C15H20ClN3OS2/c1-12(20)18-7-9-19(10-8-18)15(21)17-6-11-22-14-4-2-13(16)3-5-14/h2-5H,6-11H2,1H3,(H,17,21). The van der Waals surface area contributed by atoms with Gasteiger partial charge in [-0.25, -0.2) is 0 Å². The fourth-order valence-electron chi connectivity index (χ4n) is 2.19. The average molecular weight is 358 g/mol. The minimum absolute atomic E-state index is 0.137. The molecule has 1 aromatic carbocycles. The summed E-state index contributed by atoms with van der Waals surface area (Å²) in [6.45, 7) is 5.53. The Morgan fingerprint density at radius 1 is 1.23 bits per heavy atom. The molecule has 4 nitrogen and oxygen atoms in total. The summed E-state index contributed by atoms with van der Waals surface area (Å²) in [6.07, 6.45) is 0. The summed E-state index contributed by atoms with van der Waals surface area (Å²) in [4.78, 5) is 16.5. The maximum atomic E-state index is 11.3. The Labute approximate surface area is 146 Å². The molecule has 0 spiro atoms. The van der Waals surface area contributed by atoms with Crippen molar-refractivity contribution < 1.29 is 4.79 Å². The topological polar surface area (TPSA) is 35.6 Å². The smallest absolute Gasteiger partial charge is 0.219 e. The molecule has 1 aromatic rings. The van der Waals surface area contributed by atoms with Gasteiger partial charge in [-0.1, -0.05) is 11.6 Å². The summed E-state index contributed by atoms with van der Waals surface area (Å²) in [7, 11) is 0. The van der Waals surface area contributed by atoms with Gasteiger partial charge in [-0.2, -0.15) is 0 Å². The van der Waals surface area contributed by atoms with Crippen LogP contribution in [-0.4, -0.2) is 59.3 Å². The lowest BCUT2D eigenvalue weighted by atomic mass is 10.3. The van der Waals surface area contributed by atoms with E-state index in [1.54, 1.807) is 18.7 Å². The van der Waals surface area contributed by atoms with E-state index >= 15 is 0 Å². The van der Waals surface area contributed by atoms with Crippen molar-refractivity contribution in [3.63, 3.8) is 0 Å². The van der Waals surface area contributed by atoms with Crippen LogP contribution in [0, 0.1) is 0 Å². The van der Waals surface area contributed by atoms with Crippen LogP contribution >= 0.6 is 35.6 Å². The second-order valence-corrected chi connectivity index (χ2v) is 7.02. The van der Waals surface area contributed by atoms with Gasteiger partial charge in [0.05, 0.1) is 0 Å². The fraction of sp³-hybridized carbons (Fsp3) is 0.467. The molecule has 1 aliphatic heterocycles. The number of nitrogens with one attached hydrogen (secondary N) is 1. The van der Waals surface area contributed by atoms with Crippen molar-refractivity contribution in [3.05, 3.63) is 29.3 Å². The van der Waals surface area contributed by atoms with Gasteiger partial charge in [0.2, 0.25) is 5.91 Å². The van der Waals surface area contributed by atoms with Crippen LogP contribution in [0.2, 0.25) is 5.02 Å². The number of benzene rings is 1. The second kappa shape index (κ2) is 8.60. The van der Waals surface area contributed by atoms with Crippen LogP contribution in [0.3, 0.4) is 0 Å². The van der Waals surface area contributed by atoms with Crippen LogP contribution < -0.4 is 5.32 Å². The molecule has 120 valence electrons. The highest BCUT2D eigenvalue weighted by Gasteiger charge is 2.19. The summed E-state index contributed by atoms with van der Waals surface area (Å²) in [5.74, 6) is 1.08. The van der Waals surface area contributed by atoms with Gasteiger partial charge >= 0.3 is 0 Å². The molecule has 1 N–H and O–H groups in total. The minimum atomic E-state index is 0.137. The molecule has 0 saturated carbocycles. The van der Waals surface area contributed by atoms with Gasteiger partial charge < -0.3 is 15.1 Å². The highest BCUT2D eigenvalue weighted by Crippen LogP contribution is 2.19. The second-order valence-electron chi connectivity index (χ2n) is 5.03. The van der Waals surface area contributed by atoms with Crippen LogP contribution in [-0.2, 0) is 4.79 Å². The van der Waals surface area contributed by atoms with E-state index in [4.69, 9.17) is 23.8 Å². The molecule has 7 heteroatoms. The minimum Gasteiger partial charge on any atom is -0.362 e. The van der Waals surface area contributed by atoms with Gasteiger partial charge in [-0.15, -0.1) is 11.8 Å². The van der Waals surface area contributed by atoms with Crippen molar-refractivity contribution >= 4 is 46.6 Å². The fourth-order valence-corrected chi connectivity index (χ4v) is 3.37. The molecular weight excluding hydrogens is 338 g/mol. The van der Waals surface area contributed by atoms with Gasteiger partial charge in [0.15, 0.2) is 5.11 Å². The van der Waals surface area contributed by atoms with Crippen molar-refractivity contribution in [2.45, 2.75) is 11.8 Å². The summed E-state index contributed by atoms with van der Waals surface area (Å²) < 4.78 is 0. The molecule has 2 rings (SSSR count). The summed E-state index contributed by atoms with van der Waals surface area (Å²) in [6, 6.07) is 7.84. The van der Waals surface area contributed by atoms with Gasteiger partial charge in [0.1, 0.15) is 0 Å². The van der Waals surface area contributed by atoms with Crippen molar-refractivity contribution in [3.8, 4) is 0 Å². The molecular formula is C15H20ClN3OS2. The Morgan fingerprint density at radius 3 is 2.41 bits per heavy atom. The Kier molecular flexibility index (Phi) is 6.79. The van der Waals surface area contributed by atoms with Crippen LogP contribution in [0.5, 0.6) is 0 Å². The molecule has 0 atom stereocenters. The van der Waals surface area contributed by atoms with Gasteiger partial charge in [0.25, 0.3) is 0 Å². The Balaban J connectivity index is 1.64. The molecule has 1 saturated heterocycles. The Morgan fingerprint density at radius 2 is 1.82 bits per heavy atom. The van der Waals surface area contributed by atoms with E-state index < -0.39 is 0 Å². The van der Waals surface area contributed by atoms with Crippen LogP contribution in [0.4, 0.5) is 0 Å². The van der Waals surface area contributed by atoms with Gasteiger partial charge in [-0.05, 0) is 36.5 Å². The predicted molar refractivity (Wildman–Crippen MR) is 96.6 cm³/mol. The van der Waals surface area contributed by atoms with E-state index in [-0.39, 0.29) is 5.91 Å². The zero-order valence-electron chi connectivity index (χ0n) is 12.5. The Bertz CT molecular complexity index is 516. The Hall–Kier alpha value is -0.980. The van der Waals surface area contributed by atoms with Crippen LogP contribution in [0.15, 0.2) is 29.2 Å². The van der Waals surface area contributed by atoms with Crippen LogP contribution in [0.1, 0.15) is 6.92 Å². The van der Waals surface area contributed by atoms with Crippen molar-refractivity contribution in [2.24, 2.45) is 0 Å². The number of thioether (sulfide) groups is 1. The lowest BCUT2D eigenvalue weighted by Gasteiger charge is -2.35. The van der Waals surface area contributed by atoms with Crippen molar-refractivity contribution in [2.75, 3.05) is 38.5 Å². The highest BCUT2D eigenvalue weighted by molar-refractivity contribution is 7.99. The number of amides is 1. The number of halogens is 1. The molecule has 1 aliphatic rings. The van der Waals surface area contributed by atoms with E-state index in [0.29, 0.717) is 0 Å². The number of carbonyl (C=O) groups excluding carboxylic acids is 1. The third-order valence-electron chi connectivity index (χ3n) is 3.47. The first kappa shape index (κ1) is 17.4. The number of hydrogen-bond acceptors (Lipinski definition) is 3. The number of piperazine rings is 1. The van der Waals surface area contributed by atoms with E-state index in [1.165, 1.54) is 4.90 Å². The molecule has 0 aliphatic carbocycles. The first-order valence-corrected chi connectivity index (χ1v) is 9.00. The maximum absolute atomic E-state index is 11.3. The van der Waals surface area contributed by atoms with E-state index in [9.17, 15) is 4.79 Å². The zero-order chi connectivity index (χ0) is 15.9. The number of rotatable bonds is 4. The quantitative estimate of drug-likeness (QED) is 0.509. The molecule has 1 fully saturated rings. The van der Waals surface area contributed by atoms with Crippen molar-refractivity contribution in [1.29, 1.82) is 0 Å². The van der Waals surface area contributed by atoms with Crippen LogP contribution in [0.25, 0.3) is 0 Å². The van der Waals surface area contributed by atoms with E-state index in [0.717, 1.165) is 48.6 Å². The molecule has 22 heavy (non-hydrogen) atoms. The molecule has 1 amide bonds. The molecule has 1 heterocycles. The first-order valence-electron chi connectivity index (χ1n) is 7.23. The van der Waals surface area contributed by atoms with Gasteiger partial charge in [-0.3, -0.25) is 4.79 Å². The number of carbonyl (C=O) groups is 1. The SMILES string of the molecule is CC(=O)N1CCN(C(=S)NCCSc2ccc(Cl)cc2)CC1. The third kappa shape index (κ3) is 5.34. The number of hydrogen-bond donors (Lipinski definition) is 1. The van der Waals surface area contributed by atoms with E-state index in [2.05, 4.69) is 10.2 Å². The summed E-state index contributed by atoms with van der Waals surface area (Å²) in [5.41, 5.74) is 0. The first-order chi connectivity index (χ1) is 10.6. The largest absolute Gasteiger partial charge is 0.362 e. The summed E-state index contributed by atoms with van der Waals surface area (Å²) in [5, 5.41) is 4.82. The molecule has 0 unspecified atom stereocenters. The van der Waals surface area contributed by atoms with Crippen molar-refractivity contribution in [1.82, 2.24) is 15.1 Å². The highest BCUT2D eigenvalue weighted by atomic mass is 35.5. The maximum Gasteiger partial charge on any atom is 0.219 e. The number of nitrogens with zero attached hydrogens (tertiary/aromatic N) is 2. The van der Waals surface area contributed by atoms with E-state index in [1.807, 2.05) is 29.2 Å². The summed E-state index contributed by atoms with van der Waals surface area (Å²) >= 11 is 13.0. The molecule has 0 bridgehead atoms. The molecule has 0 radical (unpaired) electrons. The normalized spacial score (nSPS) is 14.8. The predicted octanol–water partition coefficient (Wildman–Crippen LogP) is 2.47.